The van der Waals surface area contributed by atoms with Crippen LogP contribution < -0.4 is 5.32 Å². The number of ether oxygens (including phenoxy) is 1. The number of carbonyl (C=O) groups is 1. The number of carboxylic acid groups (broad SMARTS) is 1. The molecule has 0 atom stereocenters. The van der Waals surface area contributed by atoms with Gasteiger partial charge < -0.3 is 15.2 Å². The molecule has 1 aromatic carbocycles. The van der Waals surface area contributed by atoms with E-state index >= 15 is 0 Å². The van der Waals surface area contributed by atoms with Gasteiger partial charge in [-0.1, -0.05) is 11.6 Å². The number of aromatic carboxylic acids is 1. The molecule has 0 aliphatic heterocycles. The van der Waals surface area contributed by atoms with Gasteiger partial charge in [-0.15, -0.1) is 0 Å². The molecule has 0 spiro atoms. The van der Waals surface area contributed by atoms with Gasteiger partial charge in [0.05, 0.1) is 41.3 Å². The highest BCUT2D eigenvalue weighted by Gasteiger charge is 2.08. The lowest BCUT2D eigenvalue weighted by Gasteiger charge is -2.06. The highest BCUT2D eigenvalue weighted by atomic mass is 35.5. The second kappa shape index (κ2) is 6.40. The highest BCUT2D eigenvalue weighted by Crippen LogP contribution is 2.26. The Morgan fingerprint density at radius 2 is 2.35 bits per heavy atom. The molecule has 0 unspecified atom stereocenters. The molecule has 0 saturated heterocycles. The van der Waals surface area contributed by atoms with E-state index in [0.717, 1.165) is 5.69 Å². The van der Waals surface area contributed by atoms with Crippen LogP contribution in [0.1, 0.15) is 10.4 Å². The third-order valence-corrected chi connectivity index (χ3v) is 2.97. The van der Waals surface area contributed by atoms with Gasteiger partial charge in [-0.25, -0.2) is 4.79 Å². The van der Waals surface area contributed by atoms with E-state index in [1.54, 1.807) is 24.1 Å². The zero-order valence-corrected chi connectivity index (χ0v) is 11.6. The van der Waals surface area contributed by atoms with Crippen LogP contribution in [0.5, 0.6) is 0 Å². The first-order valence-electron chi connectivity index (χ1n) is 5.91. The van der Waals surface area contributed by atoms with Gasteiger partial charge in [0, 0.05) is 13.3 Å². The summed E-state index contributed by atoms with van der Waals surface area (Å²) in [5, 5.41) is 16.5. The first-order valence-corrected chi connectivity index (χ1v) is 6.29. The van der Waals surface area contributed by atoms with Crippen molar-refractivity contribution in [2.75, 3.05) is 19.0 Å². The molecule has 1 heterocycles. The second-order valence-corrected chi connectivity index (χ2v) is 4.52. The minimum atomic E-state index is -1.01. The van der Waals surface area contributed by atoms with E-state index in [9.17, 15) is 4.79 Å². The SMILES string of the molecule is COCCn1cc(Nc2ccc(C(=O)O)cc2Cl)cn1. The zero-order chi connectivity index (χ0) is 14.5. The number of nitrogens with zero attached hydrogens (tertiary/aromatic N) is 2. The Bertz CT molecular complexity index is 613. The molecule has 2 rings (SSSR count). The van der Waals surface area contributed by atoms with Crippen LogP contribution >= 0.6 is 11.6 Å². The fourth-order valence-electron chi connectivity index (χ4n) is 1.64. The average molecular weight is 296 g/mol. The molecule has 2 aromatic rings. The summed E-state index contributed by atoms with van der Waals surface area (Å²) in [4.78, 5) is 10.8. The van der Waals surface area contributed by atoms with Gasteiger partial charge in [0.2, 0.25) is 0 Å². The molecule has 0 bridgehead atoms. The van der Waals surface area contributed by atoms with Crippen LogP contribution in [0.25, 0.3) is 0 Å². The van der Waals surface area contributed by atoms with Crippen LogP contribution in [0.15, 0.2) is 30.6 Å². The largest absolute Gasteiger partial charge is 0.478 e. The van der Waals surface area contributed by atoms with Crippen LogP contribution in [0, 0.1) is 0 Å². The molecule has 20 heavy (non-hydrogen) atoms. The van der Waals surface area contributed by atoms with Gasteiger partial charge in [-0.3, -0.25) is 4.68 Å². The van der Waals surface area contributed by atoms with Gasteiger partial charge in [-0.2, -0.15) is 5.10 Å². The second-order valence-electron chi connectivity index (χ2n) is 4.11. The molecule has 0 radical (unpaired) electrons. The maximum absolute atomic E-state index is 10.8. The van der Waals surface area contributed by atoms with Gasteiger partial charge in [0.15, 0.2) is 0 Å². The number of aromatic nitrogens is 2. The Labute approximate surface area is 120 Å². The van der Waals surface area contributed by atoms with E-state index in [4.69, 9.17) is 21.4 Å². The van der Waals surface area contributed by atoms with Crippen molar-refractivity contribution >= 4 is 28.9 Å². The van der Waals surface area contributed by atoms with E-state index < -0.39 is 5.97 Å². The highest BCUT2D eigenvalue weighted by molar-refractivity contribution is 6.33. The monoisotopic (exact) mass is 295 g/mol. The van der Waals surface area contributed by atoms with E-state index in [1.807, 2.05) is 6.20 Å². The van der Waals surface area contributed by atoms with E-state index in [1.165, 1.54) is 12.1 Å². The summed E-state index contributed by atoms with van der Waals surface area (Å²) >= 11 is 6.04. The van der Waals surface area contributed by atoms with Gasteiger partial charge in [0.1, 0.15) is 0 Å². The number of anilines is 2. The molecule has 0 aliphatic carbocycles. The summed E-state index contributed by atoms with van der Waals surface area (Å²) in [6.07, 6.45) is 3.48. The molecular formula is C13H14ClN3O3. The van der Waals surface area contributed by atoms with Crippen molar-refractivity contribution in [2.45, 2.75) is 6.54 Å². The fraction of sp³-hybridized carbons (Fsp3) is 0.231. The Kier molecular flexibility index (Phi) is 4.60. The third-order valence-electron chi connectivity index (χ3n) is 2.65. The summed E-state index contributed by atoms with van der Waals surface area (Å²) in [7, 11) is 1.63. The average Bonchev–Trinajstić information content (AvgIpc) is 2.86. The van der Waals surface area contributed by atoms with Crippen LogP contribution in [0.4, 0.5) is 11.4 Å². The predicted octanol–water partition coefficient (Wildman–Crippen LogP) is 2.62. The number of hydrogen-bond donors (Lipinski definition) is 2. The molecule has 6 nitrogen and oxygen atoms in total. The van der Waals surface area contributed by atoms with E-state index in [2.05, 4.69) is 10.4 Å². The summed E-state index contributed by atoms with van der Waals surface area (Å²) < 4.78 is 6.71. The van der Waals surface area contributed by atoms with Crippen molar-refractivity contribution in [2.24, 2.45) is 0 Å². The van der Waals surface area contributed by atoms with Crippen LogP contribution in [-0.4, -0.2) is 34.6 Å². The maximum Gasteiger partial charge on any atom is 0.335 e. The Morgan fingerprint density at radius 3 is 3.00 bits per heavy atom. The van der Waals surface area contributed by atoms with Crippen molar-refractivity contribution < 1.29 is 14.6 Å². The number of halogens is 1. The topological polar surface area (TPSA) is 76.4 Å². The molecule has 0 amide bonds. The quantitative estimate of drug-likeness (QED) is 0.857. The molecule has 7 heteroatoms. The first-order chi connectivity index (χ1) is 9.60. The molecular weight excluding hydrogens is 282 g/mol. The Balaban J connectivity index is 2.09. The van der Waals surface area contributed by atoms with Crippen LogP contribution in [0.3, 0.4) is 0 Å². The lowest BCUT2D eigenvalue weighted by molar-refractivity contribution is 0.0697. The number of hydrogen-bond acceptors (Lipinski definition) is 4. The minimum absolute atomic E-state index is 0.149. The van der Waals surface area contributed by atoms with Crippen molar-refractivity contribution in [1.82, 2.24) is 9.78 Å². The van der Waals surface area contributed by atoms with Crippen LogP contribution in [0.2, 0.25) is 5.02 Å². The Hall–Kier alpha value is -2.05. The summed E-state index contributed by atoms with van der Waals surface area (Å²) in [5.41, 5.74) is 1.55. The standard InChI is InChI=1S/C13H14ClN3O3/c1-20-5-4-17-8-10(7-15-17)16-12-3-2-9(13(18)19)6-11(12)14/h2-3,6-8,16H,4-5H2,1H3,(H,18,19). The number of carboxylic acids is 1. The molecule has 106 valence electrons. The van der Waals surface area contributed by atoms with Gasteiger partial charge >= 0.3 is 5.97 Å². The van der Waals surface area contributed by atoms with Crippen molar-refractivity contribution in [1.29, 1.82) is 0 Å². The molecule has 2 N–H and O–H groups in total. The maximum atomic E-state index is 10.8. The molecule has 0 saturated carbocycles. The summed E-state index contributed by atoms with van der Waals surface area (Å²) in [6, 6.07) is 4.52. The first kappa shape index (κ1) is 14.4. The zero-order valence-electron chi connectivity index (χ0n) is 10.8. The number of benzene rings is 1. The van der Waals surface area contributed by atoms with Gasteiger partial charge in [-0.05, 0) is 18.2 Å². The summed E-state index contributed by atoms with van der Waals surface area (Å²) in [6.45, 7) is 1.24. The fourth-order valence-corrected chi connectivity index (χ4v) is 1.87. The number of rotatable bonds is 6. The molecule has 0 fully saturated rings. The predicted molar refractivity (Wildman–Crippen MR) is 75.8 cm³/mol. The van der Waals surface area contributed by atoms with Crippen molar-refractivity contribution in [3.05, 3.63) is 41.2 Å². The molecule has 1 aromatic heterocycles. The van der Waals surface area contributed by atoms with Crippen LogP contribution in [-0.2, 0) is 11.3 Å². The lowest BCUT2D eigenvalue weighted by Crippen LogP contribution is -2.03. The molecule has 0 aliphatic rings. The minimum Gasteiger partial charge on any atom is -0.478 e. The lowest BCUT2D eigenvalue weighted by atomic mass is 10.2. The third kappa shape index (κ3) is 3.49. The van der Waals surface area contributed by atoms with E-state index in [0.29, 0.717) is 23.9 Å². The summed E-state index contributed by atoms with van der Waals surface area (Å²) in [5.74, 6) is -1.01. The normalized spacial score (nSPS) is 10.5. The number of nitrogens with one attached hydrogen (secondary N) is 1. The van der Waals surface area contributed by atoms with Crippen molar-refractivity contribution in [3.63, 3.8) is 0 Å². The van der Waals surface area contributed by atoms with E-state index in [-0.39, 0.29) is 5.56 Å². The smallest absolute Gasteiger partial charge is 0.335 e. The Morgan fingerprint density at radius 1 is 1.55 bits per heavy atom. The van der Waals surface area contributed by atoms with Gasteiger partial charge in [0.25, 0.3) is 0 Å². The van der Waals surface area contributed by atoms with Crippen molar-refractivity contribution in [3.8, 4) is 0 Å². The number of methoxy groups -OCH3 is 1.